The second kappa shape index (κ2) is 10.8. The Balaban J connectivity index is 1.76. The van der Waals surface area contributed by atoms with Crippen LogP contribution in [0.25, 0.3) is 0 Å². The molecule has 0 saturated carbocycles. The van der Waals surface area contributed by atoms with Gasteiger partial charge in [0.05, 0.1) is 18.9 Å². The lowest BCUT2D eigenvalue weighted by Gasteiger charge is -2.43. The Labute approximate surface area is 195 Å². The third kappa shape index (κ3) is 5.88. The summed E-state index contributed by atoms with van der Waals surface area (Å²) in [6, 6.07) is 3.34. The van der Waals surface area contributed by atoms with Crippen molar-refractivity contribution in [3.8, 4) is 0 Å². The summed E-state index contributed by atoms with van der Waals surface area (Å²) in [5, 5.41) is 16.1. The van der Waals surface area contributed by atoms with Gasteiger partial charge in [-0.2, -0.15) is 0 Å². The fourth-order valence-corrected chi connectivity index (χ4v) is 4.14. The van der Waals surface area contributed by atoms with Crippen LogP contribution in [0.4, 0.5) is 5.69 Å². The van der Waals surface area contributed by atoms with Gasteiger partial charge in [0.15, 0.2) is 0 Å². The van der Waals surface area contributed by atoms with E-state index in [1.807, 2.05) is 0 Å². The predicted molar refractivity (Wildman–Crippen MR) is 118 cm³/mol. The van der Waals surface area contributed by atoms with Gasteiger partial charge < -0.3 is 26.3 Å². The highest BCUT2D eigenvalue weighted by Crippen LogP contribution is 2.25. The Kier molecular flexibility index (Phi) is 7.82. The number of nitrogens with one attached hydrogen (secondary N) is 2. The SMILES string of the molecule is Nc1cccc(CC(=O)N[C@H]2CCC(=O)N3CCC[C@@H](C(=O)N[C@H](C=O)CC(=O)O)N3C2=O)c1. The molecule has 0 bridgehead atoms. The van der Waals surface area contributed by atoms with Crippen LogP contribution in [-0.2, 0) is 35.2 Å². The molecule has 2 saturated heterocycles. The van der Waals surface area contributed by atoms with Gasteiger partial charge in [-0.25, -0.2) is 5.01 Å². The molecule has 2 aliphatic heterocycles. The van der Waals surface area contributed by atoms with Crippen LogP contribution < -0.4 is 16.4 Å². The smallest absolute Gasteiger partial charge is 0.305 e. The molecular weight excluding hydrogens is 446 g/mol. The van der Waals surface area contributed by atoms with Gasteiger partial charge in [0.25, 0.3) is 5.91 Å². The lowest BCUT2D eigenvalue weighted by molar-refractivity contribution is -0.176. The number of rotatable bonds is 8. The molecule has 3 rings (SSSR count). The number of nitrogen functional groups attached to an aromatic ring is 1. The molecule has 1 aromatic rings. The number of hydrogen-bond donors (Lipinski definition) is 4. The first kappa shape index (κ1) is 24.7. The molecule has 2 fully saturated rings. The average molecular weight is 473 g/mol. The Hall–Kier alpha value is -3.96. The number of carbonyl (C=O) groups is 6. The van der Waals surface area contributed by atoms with Crippen LogP contribution in [0, 0.1) is 0 Å². The number of carboxylic acids is 1. The number of carbonyl (C=O) groups excluding carboxylic acids is 5. The van der Waals surface area contributed by atoms with Crippen LogP contribution >= 0.6 is 0 Å². The van der Waals surface area contributed by atoms with E-state index in [1.54, 1.807) is 24.3 Å². The number of aldehydes is 1. The lowest BCUT2D eigenvalue weighted by Crippen LogP contribution is -2.64. The van der Waals surface area contributed by atoms with Crippen molar-refractivity contribution >= 4 is 41.6 Å². The monoisotopic (exact) mass is 473 g/mol. The maximum atomic E-state index is 13.4. The highest BCUT2D eigenvalue weighted by molar-refractivity contribution is 5.96. The Bertz CT molecular complexity index is 998. The molecule has 4 amide bonds. The molecule has 0 aliphatic carbocycles. The van der Waals surface area contributed by atoms with Gasteiger partial charge in [0.2, 0.25) is 17.7 Å². The number of amides is 4. The molecule has 0 aromatic heterocycles. The molecule has 0 spiro atoms. The molecule has 0 unspecified atom stereocenters. The molecule has 0 radical (unpaired) electrons. The standard InChI is InChI=1S/C22H27N5O7/c23-14-4-1-3-13(9-14)10-18(29)25-16-6-7-19(30)26-8-2-5-17(27(26)22(16)34)21(33)24-15(12-28)11-20(31)32/h1,3-4,9,12,15-17H,2,5-8,10-11,23H2,(H,24,33)(H,25,29)(H,31,32)/t15-,16-,17-/m0/s1. The Morgan fingerprint density at radius 3 is 2.68 bits per heavy atom. The van der Waals surface area contributed by atoms with E-state index in [9.17, 15) is 28.8 Å². The number of carboxylic acid groups (broad SMARTS) is 1. The lowest BCUT2D eigenvalue weighted by atomic mass is 10.0. The number of fused-ring (bicyclic) bond motifs is 1. The zero-order valence-corrected chi connectivity index (χ0v) is 18.4. The second-order valence-electron chi connectivity index (χ2n) is 8.29. The minimum Gasteiger partial charge on any atom is -0.481 e. The summed E-state index contributed by atoms with van der Waals surface area (Å²) in [6.45, 7) is 0.227. The molecule has 12 nitrogen and oxygen atoms in total. The first-order valence-electron chi connectivity index (χ1n) is 10.9. The quantitative estimate of drug-likeness (QED) is 0.274. The minimum absolute atomic E-state index is 0.00418. The minimum atomic E-state index is -1.27. The number of nitrogens with two attached hydrogens (primary N) is 1. The van der Waals surface area contributed by atoms with Gasteiger partial charge in [-0.15, -0.1) is 0 Å². The zero-order valence-electron chi connectivity index (χ0n) is 18.4. The third-order valence-corrected chi connectivity index (χ3v) is 5.70. The molecule has 3 atom stereocenters. The van der Waals surface area contributed by atoms with Crippen LogP contribution in [0.15, 0.2) is 24.3 Å². The normalized spacial score (nSPS) is 21.2. The molecule has 2 aliphatic rings. The zero-order chi connectivity index (χ0) is 24.8. The fraction of sp³-hybridized carbons (Fsp3) is 0.455. The summed E-state index contributed by atoms with van der Waals surface area (Å²) in [5.41, 5.74) is 6.89. The number of hydrazine groups is 1. The van der Waals surface area contributed by atoms with Crippen LogP contribution in [0.5, 0.6) is 0 Å². The van der Waals surface area contributed by atoms with Gasteiger partial charge in [-0.1, -0.05) is 12.1 Å². The van der Waals surface area contributed by atoms with Gasteiger partial charge in [0.1, 0.15) is 18.4 Å². The fourth-order valence-electron chi connectivity index (χ4n) is 4.14. The van der Waals surface area contributed by atoms with Gasteiger partial charge in [0, 0.05) is 18.7 Å². The number of aliphatic carboxylic acids is 1. The van der Waals surface area contributed by atoms with E-state index in [4.69, 9.17) is 10.8 Å². The first-order chi connectivity index (χ1) is 16.2. The van der Waals surface area contributed by atoms with E-state index >= 15 is 0 Å². The van der Waals surface area contributed by atoms with Crippen LogP contribution in [-0.4, -0.2) is 75.7 Å². The van der Waals surface area contributed by atoms with E-state index in [1.165, 1.54) is 5.01 Å². The summed E-state index contributed by atoms with van der Waals surface area (Å²) in [6.07, 6.45) is 0.386. The topological polar surface area (TPSA) is 179 Å². The van der Waals surface area contributed by atoms with E-state index in [2.05, 4.69) is 10.6 Å². The number of anilines is 1. The summed E-state index contributed by atoms with van der Waals surface area (Å²) >= 11 is 0. The van der Waals surface area contributed by atoms with Crippen molar-refractivity contribution in [3.63, 3.8) is 0 Å². The Morgan fingerprint density at radius 2 is 2.00 bits per heavy atom. The average Bonchev–Trinajstić information content (AvgIpc) is 2.90. The maximum Gasteiger partial charge on any atom is 0.305 e. The molecule has 12 heteroatoms. The Morgan fingerprint density at radius 1 is 1.24 bits per heavy atom. The van der Waals surface area contributed by atoms with E-state index in [0.717, 1.165) is 5.01 Å². The van der Waals surface area contributed by atoms with Crippen molar-refractivity contribution in [2.45, 2.75) is 56.7 Å². The largest absolute Gasteiger partial charge is 0.481 e. The molecule has 182 valence electrons. The summed E-state index contributed by atoms with van der Waals surface area (Å²) < 4.78 is 0. The maximum absolute atomic E-state index is 13.4. The van der Waals surface area contributed by atoms with E-state index in [-0.39, 0.29) is 38.1 Å². The number of hydrogen-bond acceptors (Lipinski definition) is 7. The van der Waals surface area contributed by atoms with Crippen LogP contribution in [0.1, 0.15) is 37.7 Å². The van der Waals surface area contributed by atoms with Crippen molar-refractivity contribution in [2.75, 3.05) is 12.3 Å². The van der Waals surface area contributed by atoms with E-state index in [0.29, 0.717) is 24.0 Å². The van der Waals surface area contributed by atoms with Crippen LogP contribution in [0.3, 0.4) is 0 Å². The summed E-state index contributed by atoms with van der Waals surface area (Å²) in [7, 11) is 0. The number of benzene rings is 1. The van der Waals surface area contributed by atoms with Gasteiger partial charge in [-0.05, 0) is 37.0 Å². The molecule has 2 heterocycles. The molecule has 34 heavy (non-hydrogen) atoms. The summed E-state index contributed by atoms with van der Waals surface area (Å²) in [5.74, 6) is -3.43. The van der Waals surface area contributed by atoms with Crippen molar-refractivity contribution in [3.05, 3.63) is 29.8 Å². The number of nitrogens with zero attached hydrogens (tertiary/aromatic N) is 2. The van der Waals surface area contributed by atoms with Crippen molar-refractivity contribution in [1.82, 2.24) is 20.7 Å². The van der Waals surface area contributed by atoms with Crippen LogP contribution in [0.2, 0.25) is 0 Å². The van der Waals surface area contributed by atoms with Crippen molar-refractivity contribution in [1.29, 1.82) is 0 Å². The van der Waals surface area contributed by atoms with E-state index < -0.39 is 48.2 Å². The van der Waals surface area contributed by atoms with Crippen molar-refractivity contribution in [2.24, 2.45) is 0 Å². The molecule has 1 aromatic carbocycles. The second-order valence-corrected chi connectivity index (χ2v) is 8.29. The van der Waals surface area contributed by atoms with Gasteiger partial charge >= 0.3 is 5.97 Å². The molecule has 5 N–H and O–H groups in total. The third-order valence-electron chi connectivity index (χ3n) is 5.70. The predicted octanol–water partition coefficient (Wildman–Crippen LogP) is -1.02. The highest BCUT2D eigenvalue weighted by atomic mass is 16.4. The molecular formula is C22H27N5O7. The first-order valence-corrected chi connectivity index (χ1v) is 10.9. The van der Waals surface area contributed by atoms with Crippen molar-refractivity contribution < 1.29 is 33.9 Å². The summed E-state index contributed by atoms with van der Waals surface area (Å²) in [4.78, 5) is 73.6. The highest BCUT2D eigenvalue weighted by Gasteiger charge is 2.44. The van der Waals surface area contributed by atoms with Gasteiger partial charge in [-0.3, -0.25) is 29.0 Å².